The molecule has 6 nitrogen and oxygen atoms in total. The quantitative estimate of drug-likeness (QED) is 0.565. The van der Waals surface area contributed by atoms with E-state index < -0.39 is 23.9 Å². The van der Waals surface area contributed by atoms with Gasteiger partial charge in [0.1, 0.15) is 0 Å². The van der Waals surface area contributed by atoms with E-state index in [1.807, 2.05) is 0 Å². The summed E-state index contributed by atoms with van der Waals surface area (Å²) in [6, 6.07) is 0. The molecule has 0 bridgehead atoms. The SMILES string of the molecule is CCC(=O)OC(=O)CC.CCC(=O)OC(=O)CC. The van der Waals surface area contributed by atoms with Gasteiger partial charge in [0.05, 0.1) is 0 Å². The summed E-state index contributed by atoms with van der Waals surface area (Å²) >= 11 is 0. The van der Waals surface area contributed by atoms with E-state index in [1.54, 1.807) is 27.7 Å². The molecule has 0 heterocycles. The monoisotopic (exact) mass is 260 g/mol. The fourth-order valence-corrected chi connectivity index (χ4v) is 0.543. The van der Waals surface area contributed by atoms with Crippen LogP contribution in [0, 0.1) is 0 Å². The maximum Gasteiger partial charge on any atom is 0.313 e. The van der Waals surface area contributed by atoms with Crippen molar-refractivity contribution in [1.82, 2.24) is 0 Å². The summed E-state index contributed by atoms with van der Waals surface area (Å²) in [5.41, 5.74) is 0. The van der Waals surface area contributed by atoms with Crippen LogP contribution in [0.15, 0.2) is 0 Å². The third-order valence-electron chi connectivity index (χ3n) is 1.61. The van der Waals surface area contributed by atoms with E-state index >= 15 is 0 Å². The maximum atomic E-state index is 10.3. The Morgan fingerprint density at radius 3 is 0.833 bits per heavy atom. The third kappa shape index (κ3) is 12.4. The topological polar surface area (TPSA) is 86.7 Å². The summed E-state index contributed by atoms with van der Waals surface area (Å²) in [6.07, 6.45) is 1.02. The van der Waals surface area contributed by atoms with Gasteiger partial charge in [-0.3, -0.25) is 19.2 Å². The predicted molar refractivity (Wildman–Crippen MR) is 63.4 cm³/mol. The van der Waals surface area contributed by atoms with Gasteiger partial charge >= 0.3 is 23.9 Å². The van der Waals surface area contributed by atoms with Gasteiger partial charge in [-0.1, -0.05) is 27.7 Å². The minimum atomic E-state index is -0.457. The Hall–Kier alpha value is -1.72. The Bertz CT molecular complexity index is 237. The first-order valence-corrected chi connectivity index (χ1v) is 5.88. The van der Waals surface area contributed by atoms with Crippen LogP contribution in [-0.4, -0.2) is 23.9 Å². The molecular formula is C12H20O6. The molecule has 6 heteroatoms. The fraction of sp³-hybridized carbons (Fsp3) is 0.667. The molecule has 0 saturated carbocycles. The first-order valence-electron chi connectivity index (χ1n) is 5.88. The molecule has 0 aliphatic carbocycles. The average molecular weight is 260 g/mol. The van der Waals surface area contributed by atoms with E-state index in [0.29, 0.717) is 0 Å². The summed E-state index contributed by atoms with van der Waals surface area (Å²) in [7, 11) is 0. The number of ether oxygens (including phenoxy) is 2. The van der Waals surface area contributed by atoms with Crippen LogP contribution in [0.3, 0.4) is 0 Å². The van der Waals surface area contributed by atoms with Gasteiger partial charge in [0.15, 0.2) is 0 Å². The van der Waals surface area contributed by atoms with Crippen LogP contribution >= 0.6 is 0 Å². The molecule has 0 radical (unpaired) electrons. The second-order valence-electron chi connectivity index (χ2n) is 3.11. The molecule has 0 amide bonds. The molecule has 0 spiro atoms. The van der Waals surface area contributed by atoms with Crippen molar-refractivity contribution in [1.29, 1.82) is 0 Å². The van der Waals surface area contributed by atoms with Crippen LogP contribution in [0.25, 0.3) is 0 Å². The van der Waals surface area contributed by atoms with Crippen LogP contribution in [-0.2, 0) is 28.7 Å². The van der Waals surface area contributed by atoms with Crippen molar-refractivity contribution < 1.29 is 28.7 Å². The molecule has 0 aromatic rings. The molecule has 0 aliphatic rings. The van der Waals surface area contributed by atoms with E-state index in [2.05, 4.69) is 9.47 Å². The average Bonchev–Trinajstić information content (AvgIpc) is 2.38. The molecule has 0 fully saturated rings. The number of hydrogen-bond acceptors (Lipinski definition) is 6. The lowest BCUT2D eigenvalue weighted by atomic mass is 10.5. The Morgan fingerprint density at radius 1 is 0.556 bits per heavy atom. The second-order valence-corrected chi connectivity index (χ2v) is 3.11. The molecule has 0 saturated heterocycles. The highest BCUT2D eigenvalue weighted by molar-refractivity contribution is 5.85. The van der Waals surface area contributed by atoms with E-state index in [1.165, 1.54) is 0 Å². The predicted octanol–water partition coefficient (Wildman–Crippen LogP) is 1.75. The largest absolute Gasteiger partial charge is 0.393 e. The lowest BCUT2D eigenvalue weighted by Crippen LogP contribution is -2.09. The van der Waals surface area contributed by atoms with Crippen molar-refractivity contribution in [2.45, 2.75) is 53.4 Å². The molecule has 0 rings (SSSR count). The summed E-state index contributed by atoms with van der Waals surface area (Å²) in [4.78, 5) is 41.4. The number of esters is 4. The van der Waals surface area contributed by atoms with Crippen molar-refractivity contribution in [3.8, 4) is 0 Å². The lowest BCUT2D eigenvalue weighted by Gasteiger charge is -1.95. The summed E-state index contributed by atoms with van der Waals surface area (Å²) in [5.74, 6) is -1.83. The minimum absolute atomic E-state index is 0.256. The Kier molecular flexibility index (Phi) is 12.2. The van der Waals surface area contributed by atoms with Gasteiger partial charge in [-0.25, -0.2) is 0 Å². The van der Waals surface area contributed by atoms with E-state index in [0.717, 1.165) is 0 Å². The zero-order valence-corrected chi connectivity index (χ0v) is 11.3. The second kappa shape index (κ2) is 11.8. The summed E-state index contributed by atoms with van der Waals surface area (Å²) < 4.78 is 8.54. The van der Waals surface area contributed by atoms with E-state index in [-0.39, 0.29) is 25.7 Å². The fourth-order valence-electron chi connectivity index (χ4n) is 0.543. The van der Waals surface area contributed by atoms with Crippen LogP contribution in [0.4, 0.5) is 0 Å². The molecule has 104 valence electrons. The van der Waals surface area contributed by atoms with Crippen molar-refractivity contribution in [2.75, 3.05) is 0 Å². The molecule has 0 aromatic heterocycles. The number of hydrogen-bond donors (Lipinski definition) is 0. The number of carbonyl (C=O) groups is 4. The summed E-state index contributed by atoms with van der Waals surface area (Å²) in [6.45, 7) is 6.58. The first-order chi connectivity index (χ1) is 8.40. The number of carbonyl (C=O) groups excluding carboxylic acids is 4. The van der Waals surface area contributed by atoms with Crippen LogP contribution in [0.2, 0.25) is 0 Å². The smallest absolute Gasteiger partial charge is 0.313 e. The van der Waals surface area contributed by atoms with Gasteiger partial charge in [-0.2, -0.15) is 0 Å². The van der Waals surface area contributed by atoms with Gasteiger partial charge in [-0.05, 0) is 0 Å². The highest BCUT2D eigenvalue weighted by Crippen LogP contribution is 1.88. The molecule has 0 unspecified atom stereocenters. The van der Waals surface area contributed by atoms with Crippen molar-refractivity contribution in [3.05, 3.63) is 0 Å². The zero-order chi connectivity index (χ0) is 14.6. The molecule has 0 aromatic carbocycles. The molecule has 18 heavy (non-hydrogen) atoms. The van der Waals surface area contributed by atoms with Crippen molar-refractivity contribution in [3.63, 3.8) is 0 Å². The van der Waals surface area contributed by atoms with Crippen molar-refractivity contribution >= 4 is 23.9 Å². The third-order valence-corrected chi connectivity index (χ3v) is 1.61. The lowest BCUT2D eigenvalue weighted by molar-refractivity contribution is -0.160. The summed E-state index contributed by atoms with van der Waals surface area (Å²) in [5, 5.41) is 0. The van der Waals surface area contributed by atoms with Gasteiger partial charge < -0.3 is 9.47 Å². The Morgan fingerprint density at radius 2 is 0.722 bits per heavy atom. The molecule has 0 aliphatic heterocycles. The van der Waals surface area contributed by atoms with Crippen LogP contribution < -0.4 is 0 Å². The molecular weight excluding hydrogens is 240 g/mol. The van der Waals surface area contributed by atoms with Crippen LogP contribution in [0.5, 0.6) is 0 Å². The zero-order valence-electron chi connectivity index (χ0n) is 11.3. The van der Waals surface area contributed by atoms with Gasteiger partial charge in [0.25, 0.3) is 0 Å². The van der Waals surface area contributed by atoms with Gasteiger partial charge in [0, 0.05) is 25.7 Å². The van der Waals surface area contributed by atoms with Gasteiger partial charge in [0.2, 0.25) is 0 Å². The molecule has 0 atom stereocenters. The minimum Gasteiger partial charge on any atom is -0.393 e. The normalized spacial score (nSPS) is 8.67. The standard InChI is InChI=1S/2C6H10O3/c2*1-3-5(7)9-6(8)4-2/h2*3-4H2,1-2H3. The van der Waals surface area contributed by atoms with Crippen molar-refractivity contribution in [2.24, 2.45) is 0 Å². The maximum absolute atomic E-state index is 10.3. The van der Waals surface area contributed by atoms with Crippen LogP contribution in [0.1, 0.15) is 53.4 Å². The first kappa shape index (κ1) is 18.6. The number of rotatable bonds is 4. The molecule has 0 N–H and O–H groups in total. The highest BCUT2D eigenvalue weighted by atomic mass is 16.6. The Labute approximate surface area is 107 Å². The van der Waals surface area contributed by atoms with Gasteiger partial charge in [-0.15, -0.1) is 0 Å². The van der Waals surface area contributed by atoms with E-state index in [9.17, 15) is 19.2 Å². The Balaban J connectivity index is 0. The highest BCUT2D eigenvalue weighted by Gasteiger charge is 2.04. The van der Waals surface area contributed by atoms with E-state index in [4.69, 9.17) is 0 Å².